The van der Waals surface area contributed by atoms with Crippen molar-refractivity contribution in [3.05, 3.63) is 35.8 Å². The summed E-state index contributed by atoms with van der Waals surface area (Å²) >= 11 is 0. The van der Waals surface area contributed by atoms with Gasteiger partial charge in [0.05, 0.1) is 18.4 Å². The van der Waals surface area contributed by atoms with E-state index in [1.165, 1.54) is 6.20 Å². The Bertz CT molecular complexity index is 650. The first-order valence-corrected chi connectivity index (χ1v) is 6.68. The highest BCUT2D eigenvalue weighted by atomic mass is 32.2. The van der Waals surface area contributed by atoms with E-state index in [2.05, 4.69) is 19.9 Å². The number of sulfonamides is 1. The molecule has 2 heterocycles. The van der Waals surface area contributed by atoms with Crippen LogP contribution in [-0.2, 0) is 16.6 Å². The minimum Gasteiger partial charge on any atom is -0.383 e. The van der Waals surface area contributed by atoms with Crippen molar-refractivity contribution in [2.75, 3.05) is 5.73 Å². The van der Waals surface area contributed by atoms with Crippen LogP contribution in [-0.4, -0.2) is 23.6 Å². The highest BCUT2D eigenvalue weighted by molar-refractivity contribution is 7.89. The van der Waals surface area contributed by atoms with E-state index < -0.39 is 10.0 Å². The second-order valence-corrected chi connectivity index (χ2v) is 5.47. The number of rotatable bonds is 4. The molecule has 0 atom stereocenters. The summed E-state index contributed by atoms with van der Waals surface area (Å²) in [7, 11) is -3.67. The van der Waals surface area contributed by atoms with Crippen LogP contribution < -0.4 is 10.5 Å². The molecule has 7 nitrogen and oxygen atoms in total. The zero-order valence-corrected chi connectivity index (χ0v) is 10.5. The number of anilines is 1. The van der Waals surface area contributed by atoms with E-state index in [9.17, 15) is 8.42 Å². The van der Waals surface area contributed by atoms with Crippen LogP contribution in [0.2, 0.25) is 0 Å². The van der Waals surface area contributed by atoms with Gasteiger partial charge < -0.3 is 5.73 Å². The number of nitrogen functional groups attached to an aromatic ring is 1. The Balaban J connectivity index is 2.16. The lowest BCUT2D eigenvalue weighted by Crippen LogP contribution is -2.24. The lowest BCUT2D eigenvalue weighted by Gasteiger charge is -2.06. The molecule has 0 spiro atoms. The number of hydrogen-bond acceptors (Lipinski definition) is 5. The standard InChI is InChI=1S/C10H13N5O2S/c1-7-3-2-4-12-8(7)5-14-18(16,17)9-6-13-15-10(9)11/h2-4,6,14H,5H2,1H3,(H3,11,13,15). The van der Waals surface area contributed by atoms with Crippen molar-refractivity contribution in [1.29, 1.82) is 0 Å². The second kappa shape index (κ2) is 4.75. The highest BCUT2D eigenvalue weighted by Crippen LogP contribution is 2.14. The Labute approximate surface area is 104 Å². The molecule has 0 aliphatic rings. The normalized spacial score (nSPS) is 11.6. The lowest BCUT2D eigenvalue weighted by molar-refractivity contribution is 0.580. The van der Waals surface area contributed by atoms with Crippen molar-refractivity contribution in [1.82, 2.24) is 19.9 Å². The highest BCUT2D eigenvalue weighted by Gasteiger charge is 2.19. The van der Waals surface area contributed by atoms with Crippen LogP contribution in [0.4, 0.5) is 5.82 Å². The van der Waals surface area contributed by atoms with Gasteiger partial charge in [-0.1, -0.05) is 6.07 Å². The summed E-state index contributed by atoms with van der Waals surface area (Å²) in [6.07, 6.45) is 2.78. The van der Waals surface area contributed by atoms with Crippen molar-refractivity contribution in [3.63, 3.8) is 0 Å². The van der Waals surface area contributed by atoms with Gasteiger partial charge in [0.25, 0.3) is 0 Å². The number of aryl methyl sites for hydroxylation is 1. The first-order chi connectivity index (χ1) is 8.50. The maximum absolute atomic E-state index is 11.9. The maximum atomic E-state index is 11.9. The van der Waals surface area contributed by atoms with Crippen LogP contribution >= 0.6 is 0 Å². The first kappa shape index (κ1) is 12.5. The van der Waals surface area contributed by atoms with Gasteiger partial charge in [-0.25, -0.2) is 13.1 Å². The third-order valence-electron chi connectivity index (χ3n) is 2.47. The van der Waals surface area contributed by atoms with E-state index in [4.69, 9.17) is 5.73 Å². The van der Waals surface area contributed by atoms with Gasteiger partial charge in [0.2, 0.25) is 10.0 Å². The van der Waals surface area contributed by atoms with Gasteiger partial charge in [0, 0.05) is 6.20 Å². The van der Waals surface area contributed by atoms with Gasteiger partial charge in [-0.3, -0.25) is 10.1 Å². The number of aromatic amines is 1. The molecule has 0 bridgehead atoms. The van der Waals surface area contributed by atoms with Crippen LogP contribution in [0, 0.1) is 6.92 Å². The van der Waals surface area contributed by atoms with Crippen molar-refractivity contribution in [3.8, 4) is 0 Å². The summed E-state index contributed by atoms with van der Waals surface area (Å²) in [5.41, 5.74) is 7.06. The molecule has 0 aliphatic heterocycles. The number of H-pyrrole nitrogens is 1. The van der Waals surface area contributed by atoms with Crippen LogP contribution in [0.15, 0.2) is 29.4 Å². The first-order valence-electron chi connectivity index (χ1n) is 5.19. The Hall–Kier alpha value is -1.93. The van der Waals surface area contributed by atoms with E-state index in [-0.39, 0.29) is 17.3 Å². The number of nitrogens with two attached hydrogens (primary N) is 1. The molecule has 0 fully saturated rings. The molecule has 96 valence electrons. The summed E-state index contributed by atoms with van der Waals surface area (Å²) in [5.74, 6) is 0.0141. The number of pyridine rings is 1. The molecule has 0 amide bonds. The minimum absolute atomic E-state index is 0.0141. The third-order valence-corrected chi connectivity index (χ3v) is 3.90. The number of hydrogen-bond donors (Lipinski definition) is 3. The van der Waals surface area contributed by atoms with Gasteiger partial charge in [0.1, 0.15) is 10.7 Å². The summed E-state index contributed by atoms with van der Waals surface area (Å²) < 4.78 is 26.3. The summed E-state index contributed by atoms with van der Waals surface area (Å²) in [6, 6.07) is 3.66. The largest absolute Gasteiger partial charge is 0.383 e. The van der Waals surface area contributed by atoms with Crippen LogP contribution in [0.25, 0.3) is 0 Å². The van der Waals surface area contributed by atoms with E-state index >= 15 is 0 Å². The topological polar surface area (TPSA) is 114 Å². The molecule has 0 saturated heterocycles. The Morgan fingerprint density at radius 1 is 1.50 bits per heavy atom. The van der Waals surface area contributed by atoms with Crippen molar-refractivity contribution in [2.24, 2.45) is 0 Å². The monoisotopic (exact) mass is 267 g/mol. The molecule has 18 heavy (non-hydrogen) atoms. The SMILES string of the molecule is Cc1cccnc1CNS(=O)(=O)c1cn[nH]c1N. The molecule has 0 radical (unpaired) electrons. The smallest absolute Gasteiger partial charge is 0.246 e. The van der Waals surface area contributed by atoms with Crippen molar-refractivity contribution < 1.29 is 8.42 Å². The van der Waals surface area contributed by atoms with Crippen molar-refractivity contribution in [2.45, 2.75) is 18.4 Å². The van der Waals surface area contributed by atoms with E-state index in [0.717, 1.165) is 5.56 Å². The molecule has 4 N–H and O–H groups in total. The van der Waals surface area contributed by atoms with Crippen LogP contribution in [0.5, 0.6) is 0 Å². The zero-order chi connectivity index (χ0) is 13.2. The molecule has 2 aromatic rings. The zero-order valence-electron chi connectivity index (χ0n) is 9.71. The third kappa shape index (κ3) is 2.49. The predicted molar refractivity (Wildman–Crippen MR) is 66.0 cm³/mol. The number of aromatic nitrogens is 3. The van der Waals surface area contributed by atoms with Gasteiger partial charge >= 0.3 is 0 Å². The average Bonchev–Trinajstić information content (AvgIpc) is 2.75. The molecule has 0 aliphatic carbocycles. The number of nitrogens with zero attached hydrogens (tertiary/aromatic N) is 2. The molecular weight excluding hydrogens is 254 g/mol. The van der Waals surface area contributed by atoms with E-state index in [1.54, 1.807) is 12.3 Å². The fraction of sp³-hybridized carbons (Fsp3) is 0.200. The van der Waals surface area contributed by atoms with Gasteiger partial charge in [0.15, 0.2) is 0 Å². The lowest BCUT2D eigenvalue weighted by atomic mass is 10.2. The Morgan fingerprint density at radius 3 is 2.89 bits per heavy atom. The Morgan fingerprint density at radius 2 is 2.28 bits per heavy atom. The maximum Gasteiger partial charge on any atom is 0.246 e. The molecular formula is C10H13N5O2S. The summed E-state index contributed by atoms with van der Waals surface area (Å²) in [6.45, 7) is 1.97. The van der Waals surface area contributed by atoms with Crippen LogP contribution in [0.3, 0.4) is 0 Å². The van der Waals surface area contributed by atoms with Crippen molar-refractivity contribution >= 4 is 15.8 Å². The second-order valence-electron chi connectivity index (χ2n) is 3.74. The fourth-order valence-corrected chi connectivity index (χ4v) is 2.45. The van der Waals surface area contributed by atoms with E-state index in [0.29, 0.717) is 5.69 Å². The Kier molecular flexibility index (Phi) is 3.30. The van der Waals surface area contributed by atoms with E-state index in [1.807, 2.05) is 13.0 Å². The fourth-order valence-electron chi connectivity index (χ4n) is 1.44. The van der Waals surface area contributed by atoms with Gasteiger partial charge in [-0.05, 0) is 18.6 Å². The average molecular weight is 267 g/mol. The summed E-state index contributed by atoms with van der Waals surface area (Å²) in [4.78, 5) is 4.04. The molecule has 2 rings (SSSR count). The molecule has 0 saturated carbocycles. The molecule has 8 heteroatoms. The molecule has 0 aromatic carbocycles. The molecule has 0 unspecified atom stereocenters. The van der Waals surface area contributed by atoms with Crippen LogP contribution in [0.1, 0.15) is 11.3 Å². The summed E-state index contributed by atoms with van der Waals surface area (Å²) in [5, 5.41) is 5.95. The minimum atomic E-state index is -3.67. The predicted octanol–water partition coefficient (Wildman–Crippen LogP) is 0.174. The van der Waals surface area contributed by atoms with Gasteiger partial charge in [-0.2, -0.15) is 5.10 Å². The molecule has 2 aromatic heterocycles. The number of nitrogens with one attached hydrogen (secondary N) is 2. The quantitative estimate of drug-likeness (QED) is 0.731. The van der Waals surface area contributed by atoms with Gasteiger partial charge in [-0.15, -0.1) is 0 Å².